The molecule has 0 radical (unpaired) electrons. The smallest absolute Gasteiger partial charge is 0.0388 e. The minimum atomic E-state index is 0.713. The van der Waals surface area contributed by atoms with Crippen molar-refractivity contribution in [3.63, 3.8) is 0 Å². The topological polar surface area (TPSA) is 15.3 Å². The summed E-state index contributed by atoms with van der Waals surface area (Å²) in [5.74, 6) is 0. The van der Waals surface area contributed by atoms with Crippen molar-refractivity contribution >= 4 is 5.69 Å². The fraction of sp³-hybridized carbons (Fsp3) is 0.625. The zero-order valence-corrected chi connectivity index (χ0v) is 11.2. The average Bonchev–Trinajstić information content (AvgIpc) is 3.05. The fourth-order valence-electron chi connectivity index (χ4n) is 3.27. The minimum Gasteiger partial charge on any atom is -0.382 e. The largest absolute Gasteiger partial charge is 0.382 e. The van der Waals surface area contributed by atoms with Crippen LogP contribution in [0.5, 0.6) is 0 Å². The van der Waals surface area contributed by atoms with Crippen LogP contribution >= 0.6 is 0 Å². The molecule has 1 aliphatic carbocycles. The van der Waals surface area contributed by atoms with E-state index in [1.54, 1.807) is 0 Å². The summed E-state index contributed by atoms with van der Waals surface area (Å²) in [5.41, 5.74) is 2.85. The van der Waals surface area contributed by atoms with E-state index in [9.17, 15) is 0 Å². The number of benzene rings is 1. The molecule has 2 nitrogen and oxygen atoms in total. The van der Waals surface area contributed by atoms with Gasteiger partial charge >= 0.3 is 0 Å². The van der Waals surface area contributed by atoms with Crippen molar-refractivity contribution < 1.29 is 0 Å². The molecule has 1 N–H and O–H groups in total. The average molecular weight is 244 g/mol. The molecule has 0 bridgehead atoms. The first-order valence-electron chi connectivity index (χ1n) is 7.48. The van der Waals surface area contributed by atoms with E-state index in [4.69, 9.17) is 0 Å². The highest BCUT2D eigenvalue weighted by atomic mass is 15.1. The Balaban J connectivity index is 1.67. The van der Waals surface area contributed by atoms with Crippen LogP contribution in [0, 0.1) is 0 Å². The van der Waals surface area contributed by atoms with Gasteiger partial charge in [-0.2, -0.15) is 0 Å². The lowest BCUT2D eigenvalue weighted by Crippen LogP contribution is -2.21. The maximum absolute atomic E-state index is 3.76. The summed E-state index contributed by atoms with van der Waals surface area (Å²) >= 11 is 0. The first-order chi connectivity index (χ1) is 8.92. The van der Waals surface area contributed by atoms with E-state index < -0.39 is 0 Å². The summed E-state index contributed by atoms with van der Waals surface area (Å²) in [6, 6.07) is 9.58. The Morgan fingerprint density at radius 2 is 1.72 bits per heavy atom. The lowest BCUT2D eigenvalue weighted by Gasteiger charge is -2.20. The van der Waals surface area contributed by atoms with Crippen molar-refractivity contribution in [2.24, 2.45) is 0 Å². The third-order valence-corrected chi connectivity index (χ3v) is 4.32. The summed E-state index contributed by atoms with van der Waals surface area (Å²) in [4.78, 5) is 2.58. The first-order valence-corrected chi connectivity index (χ1v) is 7.48. The van der Waals surface area contributed by atoms with Crippen LogP contribution in [0.15, 0.2) is 24.3 Å². The number of para-hydroxylation sites is 1. The molecule has 1 aromatic carbocycles. The van der Waals surface area contributed by atoms with Crippen molar-refractivity contribution in [1.82, 2.24) is 4.90 Å². The highest BCUT2D eigenvalue weighted by Crippen LogP contribution is 2.25. The molecule has 2 aliphatic rings. The van der Waals surface area contributed by atoms with Gasteiger partial charge in [0.15, 0.2) is 0 Å². The van der Waals surface area contributed by atoms with Gasteiger partial charge in [-0.05, 0) is 50.4 Å². The van der Waals surface area contributed by atoms with Gasteiger partial charge < -0.3 is 5.32 Å². The number of nitrogens with one attached hydrogen (secondary N) is 1. The van der Waals surface area contributed by atoms with E-state index in [0.29, 0.717) is 6.04 Å². The second kappa shape index (κ2) is 5.75. The third kappa shape index (κ3) is 2.86. The lowest BCUT2D eigenvalue weighted by molar-refractivity contribution is 0.332. The quantitative estimate of drug-likeness (QED) is 0.870. The Bertz CT molecular complexity index is 339. The van der Waals surface area contributed by atoms with Gasteiger partial charge in [-0.25, -0.2) is 0 Å². The third-order valence-electron chi connectivity index (χ3n) is 4.32. The van der Waals surface area contributed by atoms with Crippen molar-refractivity contribution in [2.45, 2.75) is 51.1 Å². The Kier molecular flexibility index (Phi) is 3.84. The maximum atomic E-state index is 3.76. The number of nitrogens with zero attached hydrogens (tertiary/aromatic N) is 1. The zero-order chi connectivity index (χ0) is 12.2. The fourth-order valence-corrected chi connectivity index (χ4v) is 3.27. The van der Waals surface area contributed by atoms with Crippen molar-refractivity contribution in [3.8, 4) is 0 Å². The van der Waals surface area contributed by atoms with E-state index in [0.717, 1.165) is 6.54 Å². The van der Waals surface area contributed by atoms with Gasteiger partial charge in [-0.15, -0.1) is 0 Å². The van der Waals surface area contributed by atoms with Crippen LogP contribution in [0.25, 0.3) is 0 Å². The van der Waals surface area contributed by atoms with E-state index in [1.165, 1.54) is 62.9 Å². The molecule has 3 rings (SSSR count). The molecule has 0 aromatic heterocycles. The molecule has 2 heteroatoms. The van der Waals surface area contributed by atoms with Crippen LogP contribution in [-0.4, -0.2) is 24.0 Å². The molecule has 1 aromatic rings. The van der Waals surface area contributed by atoms with E-state index in [1.807, 2.05) is 0 Å². The second-order valence-corrected chi connectivity index (χ2v) is 5.77. The molecule has 18 heavy (non-hydrogen) atoms. The predicted molar refractivity (Wildman–Crippen MR) is 76.8 cm³/mol. The lowest BCUT2D eigenvalue weighted by atomic mass is 10.1. The summed E-state index contributed by atoms with van der Waals surface area (Å²) in [6.45, 7) is 3.67. The summed E-state index contributed by atoms with van der Waals surface area (Å²) in [7, 11) is 0. The van der Waals surface area contributed by atoms with Gasteiger partial charge in [0.05, 0.1) is 0 Å². The highest BCUT2D eigenvalue weighted by molar-refractivity contribution is 5.51. The molecule has 0 atom stereocenters. The van der Waals surface area contributed by atoms with Gasteiger partial charge in [0, 0.05) is 18.3 Å². The summed E-state index contributed by atoms with van der Waals surface area (Å²) in [6.07, 6.45) is 8.23. The number of likely N-dealkylation sites (tertiary alicyclic amines) is 1. The predicted octanol–water partition coefficient (Wildman–Crippen LogP) is 3.64. The van der Waals surface area contributed by atoms with Gasteiger partial charge in [-0.3, -0.25) is 4.90 Å². The molecular formula is C16H24N2. The molecule has 1 aliphatic heterocycles. The number of hydrogen-bond acceptors (Lipinski definition) is 2. The highest BCUT2D eigenvalue weighted by Gasteiger charge is 2.17. The molecule has 1 saturated carbocycles. The van der Waals surface area contributed by atoms with Crippen LogP contribution in [-0.2, 0) is 6.54 Å². The Labute approximate surface area is 110 Å². The minimum absolute atomic E-state index is 0.713. The normalized spacial score (nSPS) is 21.6. The molecular weight excluding hydrogens is 220 g/mol. The van der Waals surface area contributed by atoms with Crippen LogP contribution in [0.1, 0.15) is 44.1 Å². The number of anilines is 1. The van der Waals surface area contributed by atoms with Gasteiger partial charge in [-0.1, -0.05) is 31.0 Å². The molecule has 2 fully saturated rings. The maximum Gasteiger partial charge on any atom is 0.0388 e. The Hall–Kier alpha value is -1.02. The Morgan fingerprint density at radius 1 is 1.00 bits per heavy atom. The standard InChI is InChI=1S/C16H24N2/c1-4-10-16(17-15-8-2-3-9-15)14(7-1)13-18-11-5-6-12-18/h1,4,7,10,15,17H,2-3,5-6,8-9,11-13H2. The zero-order valence-electron chi connectivity index (χ0n) is 11.2. The van der Waals surface area contributed by atoms with Crippen LogP contribution in [0.2, 0.25) is 0 Å². The van der Waals surface area contributed by atoms with E-state index in [-0.39, 0.29) is 0 Å². The van der Waals surface area contributed by atoms with Crippen LogP contribution < -0.4 is 5.32 Å². The second-order valence-electron chi connectivity index (χ2n) is 5.77. The van der Waals surface area contributed by atoms with Crippen molar-refractivity contribution in [2.75, 3.05) is 18.4 Å². The SMILES string of the molecule is c1ccc(NC2CCCC2)c(CN2CCCC2)c1. The summed E-state index contributed by atoms with van der Waals surface area (Å²) < 4.78 is 0. The van der Waals surface area contributed by atoms with Gasteiger partial charge in [0.2, 0.25) is 0 Å². The van der Waals surface area contributed by atoms with Crippen molar-refractivity contribution in [3.05, 3.63) is 29.8 Å². The molecule has 0 spiro atoms. The molecule has 1 heterocycles. The van der Waals surface area contributed by atoms with Crippen molar-refractivity contribution in [1.29, 1.82) is 0 Å². The van der Waals surface area contributed by atoms with E-state index in [2.05, 4.69) is 34.5 Å². The monoisotopic (exact) mass is 244 g/mol. The summed E-state index contributed by atoms with van der Waals surface area (Å²) in [5, 5.41) is 3.76. The van der Waals surface area contributed by atoms with Gasteiger partial charge in [0.1, 0.15) is 0 Å². The first kappa shape index (κ1) is 12.0. The van der Waals surface area contributed by atoms with Crippen LogP contribution in [0.4, 0.5) is 5.69 Å². The molecule has 98 valence electrons. The molecule has 0 amide bonds. The van der Waals surface area contributed by atoms with Crippen LogP contribution in [0.3, 0.4) is 0 Å². The molecule has 1 saturated heterocycles. The number of rotatable bonds is 4. The van der Waals surface area contributed by atoms with E-state index >= 15 is 0 Å². The molecule has 0 unspecified atom stereocenters. The van der Waals surface area contributed by atoms with Gasteiger partial charge in [0.25, 0.3) is 0 Å². The number of hydrogen-bond donors (Lipinski definition) is 1. The Morgan fingerprint density at radius 3 is 2.50 bits per heavy atom.